The standard InChI is InChI=1S/C4H11N3.2ClH/c1-4(2,7)3(5)6;;/h7H2,1-2H3,(H3,5,6);2*1H. The highest BCUT2D eigenvalue weighted by Crippen LogP contribution is 1.91. The van der Waals surface area contributed by atoms with Crippen LogP contribution in [-0.4, -0.2) is 11.4 Å². The van der Waals surface area contributed by atoms with Crippen molar-refractivity contribution in [1.82, 2.24) is 0 Å². The first-order valence-electron chi connectivity index (χ1n) is 2.08. The van der Waals surface area contributed by atoms with Crippen LogP contribution in [0.4, 0.5) is 0 Å². The Kier molecular flexibility index (Phi) is 8.62. The maximum atomic E-state index is 6.80. The Labute approximate surface area is 67.5 Å². The fourth-order valence-corrected chi connectivity index (χ4v) is 0. The molecule has 5 N–H and O–H groups in total. The molecule has 0 rings (SSSR count). The first-order valence-corrected chi connectivity index (χ1v) is 2.08. The Bertz CT molecular complexity index is 86.3. The quantitative estimate of drug-likeness (QED) is 0.400. The topological polar surface area (TPSA) is 75.9 Å². The van der Waals surface area contributed by atoms with Crippen molar-refractivity contribution in [3.8, 4) is 0 Å². The zero-order valence-electron chi connectivity index (χ0n) is 5.47. The number of hydrogen-bond acceptors (Lipinski definition) is 2. The lowest BCUT2D eigenvalue weighted by atomic mass is 10.1. The Morgan fingerprint density at radius 2 is 1.44 bits per heavy atom. The summed E-state index contributed by atoms with van der Waals surface area (Å²) in [5, 5.41) is 6.80. The van der Waals surface area contributed by atoms with Crippen molar-refractivity contribution in [3.63, 3.8) is 0 Å². The van der Waals surface area contributed by atoms with Gasteiger partial charge in [0.2, 0.25) is 0 Å². The SMILES string of the molecule is CC(C)(N)C(=N)N.Cl.Cl. The van der Waals surface area contributed by atoms with Crippen LogP contribution in [0.5, 0.6) is 0 Å². The summed E-state index contributed by atoms with van der Waals surface area (Å²) < 4.78 is 0. The minimum absolute atomic E-state index is 0. The second-order valence-corrected chi connectivity index (χ2v) is 2.14. The molecular weight excluding hydrogens is 161 g/mol. The van der Waals surface area contributed by atoms with Crippen molar-refractivity contribution < 1.29 is 0 Å². The molecule has 0 saturated heterocycles. The lowest BCUT2D eigenvalue weighted by Crippen LogP contribution is -2.45. The molecule has 0 aliphatic rings. The van der Waals surface area contributed by atoms with Gasteiger partial charge in [-0.05, 0) is 13.8 Å². The van der Waals surface area contributed by atoms with Crippen LogP contribution in [0.25, 0.3) is 0 Å². The van der Waals surface area contributed by atoms with Crippen LogP contribution in [0, 0.1) is 5.41 Å². The van der Waals surface area contributed by atoms with E-state index in [4.69, 9.17) is 16.9 Å². The molecule has 0 fully saturated rings. The highest BCUT2D eigenvalue weighted by molar-refractivity contribution is 5.86. The van der Waals surface area contributed by atoms with Crippen molar-refractivity contribution in [1.29, 1.82) is 5.41 Å². The zero-order chi connectivity index (χ0) is 6.08. The van der Waals surface area contributed by atoms with Crippen LogP contribution < -0.4 is 11.5 Å². The number of amidine groups is 1. The van der Waals surface area contributed by atoms with Gasteiger partial charge in [0, 0.05) is 0 Å². The number of nitrogens with two attached hydrogens (primary N) is 2. The van der Waals surface area contributed by atoms with Gasteiger partial charge in [-0.1, -0.05) is 0 Å². The Morgan fingerprint density at radius 3 is 1.44 bits per heavy atom. The summed E-state index contributed by atoms with van der Waals surface area (Å²) in [6.07, 6.45) is 0. The number of halogens is 2. The smallest absolute Gasteiger partial charge is 0.110 e. The van der Waals surface area contributed by atoms with Crippen molar-refractivity contribution in [2.75, 3.05) is 0 Å². The summed E-state index contributed by atoms with van der Waals surface area (Å²) in [6.45, 7) is 3.38. The van der Waals surface area contributed by atoms with Crippen molar-refractivity contribution in [3.05, 3.63) is 0 Å². The summed E-state index contributed by atoms with van der Waals surface area (Å²) in [5.74, 6) is 0.0208. The van der Waals surface area contributed by atoms with E-state index < -0.39 is 5.54 Å². The Hall–Kier alpha value is 0.01000. The van der Waals surface area contributed by atoms with Crippen LogP contribution in [0.3, 0.4) is 0 Å². The Balaban J connectivity index is -0.000000180. The summed E-state index contributed by atoms with van der Waals surface area (Å²) in [4.78, 5) is 0. The zero-order valence-corrected chi connectivity index (χ0v) is 7.10. The fourth-order valence-electron chi connectivity index (χ4n) is 0. The third kappa shape index (κ3) is 8.01. The molecule has 0 atom stereocenters. The molecule has 0 saturated carbocycles. The first kappa shape index (κ1) is 16.0. The van der Waals surface area contributed by atoms with E-state index in [-0.39, 0.29) is 30.6 Å². The molecule has 5 heteroatoms. The summed E-state index contributed by atoms with van der Waals surface area (Å²) in [6, 6.07) is 0. The van der Waals surface area contributed by atoms with E-state index in [1.54, 1.807) is 13.8 Å². The molecule has 0 aromatic rings. The predicted molar refractivity (Wildman–Crippen MR) is 44.7 cm³/mol. The van der Waals surface area contributed by atoms with E-state index >= 15 is 0 Å². The predicted octanol–water partition coefficient (Wildman–Crippen LogP) is 0.503. The molecule has 0 unspecified atom stereocenters. The number of nitrogens with one attached hydrogen (secondary N) is 1. The monoisotopic (exact) mass is 173 g/mol. The number of rotatable bonds is 1. The average Bonchev–Trinajstić information content (AvgIpc) is 1.31. The van der Waals surface area contributed by atoms with Gasteiger partial charge in [0.05, 0.1) is 5.54 Å². The van der Waals surface area contributed by atoms with Crippen molar-refractivity contribution in [2.24, 2.45) is 11.5 Å². The molecule has 0 spiro atoms. The molecule has 0 aromatic heterocycles. The van der Waals surface area contributed by atoms with E-state index in [2.05, 4.69) is 0 Å². The maximum Gasteiger partial charge on any atom is 0.110 e. The molecule has 0 bridgehead atoms. The molecule has 58 valence electrons. The van der Waals surface area contributed by atoms with Gasteiger partial charge in [0.25, 0.3) is 0 Å². The Morgan fingerprint density at radius 1 is 1.33 bits per heavy atom. The summed E-state index contributed by atoms with van der Waals surface area (Å²) in [5.41, 5.74) is 9.72. The third-order valence-electron chi connectivity index (χ3n) is 0.694. The second kappa shape index (κ2) is 4.85. The molecule has 0 aliphatic heterocycles. The lowest BCUT2D eigenvalue weighted by molar-refractivity contribution is 0.687. The van der Waals surface area contributed by atoms with Crippen LogP contribution in [0.1, 0.15) is 13.8 Å². The van der Waals surface area contributed by atoms with E-state index in [0.29, 0.717) is 0 Å². The fraction of sp³-hybridized carbons (Fsp3) is 0.750. The van der Waals surface area contributed by atoms with Crippen LogP contribution >= 0.6 is 24.8 Å². The summed E-state index contributed by atoms with van der Waals surface area (Å²) in [7, 11) is 0. The van der Waals surface area contributed by atoms with E-state index in [0.717, 1.165) is 0 Å². The van der Waals surface area contributed by atoms with Gasteiger partial charge in [-0.2, -0.15) is 0 Å². The van der Waals surface area contributed by atoms with Crippen molar-refractivity contribution in [2.45, 2.75) is 19.4 Å². The van der Waals surface area contributed by atoms with Gasteiger partial charge in [0.15, 0.2) is 0 Å². The van der Waals surface area contributed by atoms with Gasteiger partial charge in [-0.3, -0.25) is 5.41 Å². The van der Waals surface area contributed by atoms with Gasteiger partial charge >= 0.3 is 0 Å². The van der Waals surface area contributed by atoms with Crippen molar-refractivity contribution >= 4 is 30.6 Å². The minimum Gasteiger partial charge on any atom is -0.386 e. The van der Waals surface area contributed by atoms with Gasteiger partial charge in [0.1, 0.15) is 5.84 Å². The lowest BCUT2D eigenvalue weighted by Gasteiger charge is -2.14. The molecule has 0 amide bonds. The maximum absolute atomic E-state index is 6.80. The van der Waals surface area contributed by atoms with Crippen LogP contribution in [0.15, 0.2) is 0 Å². The van der Waals surface area contributed by atoms with Crippen LogP contribution in [-0.2, 0) is 0 Å². The van der Waals surface area contributed by atoms with E-state index in [9.17, 15) is 0 Å². The average molecular weight is 174 g/mol. The third-order valence-corrected chi connectivity index (χ3v) is 0.694. The molecule has 0 heterocycles. The first-order chi connectivity index (χ1) is 2.94. The highest BCUT2D eigenvalue weighted by atomic mass is 35.5. The minimum atomic E-state index is -0.639. The molecule has 9 heavy (non-hydrogen) atoms. The molecular formula is C4H13Cl2N3. The van der Waals surface area contributed by atoms with E-state index in [1.807, 2.05) is 0 Å². The normalized spacial score (nSPS) is 8.78. The summed E-state index contributed by atoms with van der Waals surface area (Å²) >= 11 is 0. The van der Waals surface area contributed by atoms with Gasteiger partial charge in [-0.25, -0.2) is 0 Å². The van der Waals surface area contributed by atoms with Gasteiger partial charge in [-0.15, -0.1) is 24.8 Å². The molecule has 0 aliphatic carbocycles. The molecule has 0 radical (unpaired) electrons. The number of hydrogen-bond donors (Lipinski definition) is 3. The van der Waals surface area contributed by atoms with Gasteiger partial charge < -0.3 is 11.5 Å². The largest absolute Gasteiger partial charge is 0.386 e. The molecule has 0 aromatic carbocycles. The van der Waals surface area contributed by atoms with Crippen LogP contribution in [0.2, 0.25) is 0 Å². The van der Waals surface area contributed by atoms with E-state index in [1.165, 1.54) is 0 Å². The second-order valence-electron chi connectivity index (χ2n) is 2.14. The highest BCUT2D eigenvalue weighted by Gasteiger charge is 2.12. The molecule has 3 nitrogen and oxygen atoms in total.